The molecule has 0 saturated carbocycles. The summed E-state index contributed by atoms with van der Waals surface area (Å²) in [6.45, 7) is 8.97. The summed E-state index contributed by atoms with van der Waals surface area (Å²) in [7, 11) is 1.65. The van der Waals surface area contributed by atoms with E-state index in [1.54, 1.807) is 25.0 Å². The van der Waals surface area contributed by atoms with Gasteiger partial charge in [-0.05, 0) is 50.2 Å². The fourth-order valence-electron chi connectivity index (χ4n) is 5.34. The van der Waals surface area contributed by atoms with Gasteiger partial charge in [-0.3, -0.25) is 9.69 Å². The number of fused-ring (bicyclic) bond motifs is 3. The van der Waals surface area contributed by atoms with Crippen molar-refractivity contribution in [1.82, 2.24) is 24.3 Å². The number of carbonyl (C=O) groups excluding carboxylic acids is 2. The van der Waals surface area contributed by atoms with Gasteiger partial charge in [-0.25, -0.2) is 19.2 Å². The van der Waals surface area contributed by atoms with Crippen molar-refractivity contribution in [3.05, 3.63) is 59.7 Å². The quantitative estimate of drug-likeness (QED) is 0.173. The van der Waals surface area contributed by atoms with E-state index >= 15 is 0 Å². The topological polar surface area (TPSA) is 125 Å². The summed E-state index contributed by atoms with van der Waals surface area (Å²) in [6.07, 6.45) is 1.19. The minimum absolute atomic E-state index is 0.0639. The van der Waals surface area contributed by atoms with Crippen LogP contribution in [0.15, 0.2) is 42.5 Å². The molecule has 45 heavy (non-hydrogen) atoms. The summed E-state index contributed by atoms with van der Waals surface area (Å²) >= 11 is 0. The first kappa shape index (κ1) is 33.6. The number of methoxy groups -OCH3 is 1. The van der Waals surface area contributed by atoms with Gasteiger partial charge in [0.1, 0.15) is 22.9 Å². The molecule has 12 heteroatoms. The number of nitrogens with zero attached hydrogens (tertiary/aromatic N) is 5. The second-order valence-corrected chi connectivity index (χ2v) is 10.7. The Kier molecular flexibility index (Phi) is 12.1. The van der Waals surface area contributed by atoms with Gasteiger partial charge in [-0.15, -0.1) is 0 Å². The summed E-state index contributed by atoms with van der Waals surface area (Å²) in [4.78, 5) is 38.5. The van der Waals surface area contributed by atoms with Gasteiger partial charge in [-0.2, -0.15) is 0 Å². The molecule has 1 amide bonds. The average Bonchev–Trinajstić information content (AvgIpc) is 3.40. The van der Waals surface area contributed by atoms with E-state index in [2.05, 4.69) is 9.55 Å². The fraction of sp³-hybridized carbons (Fsp3) is 0.455. The number of nitrogens with two attached hydrogens (primary N) is 1. The van der Waals surface area contributed by atoms with Crippen LogP contribution in [0.4, 0.5) is 10.2 Å². The average molecular weight is 623 g/mol. The number of rotatable bonds is 17. The number of pyridine rings is 1. The van der Waals surface area contributed by atoms with Crippen LogP contribution in [0.2, 0.25) is 0 Å². The maximum atomic E-state index is 14.6. The van der Waals surface area contributed by atoms with Crippen molar-refractivity contribution in [2.45, 2.75) is 46.7 Å². The van der Waals surface area contributed by atoms with Gasteiger partial charge in [0, 0.05) is 44.6 Å². The predicted molar refractivity (Wildman–Crippen MR) is 171 cm³/mol. The number of hydrogen-bond acceptors (Lipinski definition) is 9. The van der Waals surface area contributed by atoms with Crippen molar-refractivity contribution in [1.29, 1.82) is 0 Å². The maximum Gasteiger partial charge on any atom is 0.344 e. The molecule has 0 aliphatic rings. The molecule has 2 N–H and O–H groups in total. The van der Waals surface area contributed by atoms with Crippen LogP contribution in [0.25, 0.3) is 21.9 Å². The Bertz CT molecular complexity index is 1610. The zero-order valence-corrected chi connectivity index (χ0v) is 26.6. The van der Waals surface area contributed by atoms with Crippen molar-refractivity contribution in [2.24, 2.45) is 0 Å². The first-order valence-corrected chi connectivity index (χ1v) is 15.4. The number of esters is 1. The third kappa shape index (κ3) is 8.67. The standard InChI is InChI=1S/C33H43FN6O5/c1-5-38(6-2)21-29(41)39(20-23-17-24(34)19-25(18-23)45-22-30(42)44-7-3)14-10-15-40-28(13-16-43-4)37-31-32(40)26-11-8-9-12-27(26)36-33(31)35/h8-9,11-12,17-19H,5-7,10,13-16,20-22H2,1-4H3,(H2,35,36). The second kappa shape index (κ2) is 16.1. The number of aromatic nitrogens is 3. The van der Waals surface area contributed by atoms with Gasteiger partial charge in [0.25, 0.3) is 0 Å². The Morgan fingerprint density at radius 3 is 2.58 bits per heavy atom. The molecule has 0 unspecified atom stereocenters. The number of amides is 1. The smallest absolute Gasteiger partial charge is 0.344 e. The van der Waals surface area contributed by atoms with E-state index in [9.17, 15) is 14.0 Å². The van der Waals surface area contributed by atoms with Crippen molar-refractivity contribution in [2.75, 3.05) is 58.8 Å². The van der Waals surface area contributed by atoms with Crippen LogP contribution in [0.5, 0.6) is 5.75 Å². The Labute approximate surface area is 263 Å². The summed E-state index contributed by atoms with van der Waals surface area (Å²) in [5.41, 5.74) is 9.23. The lowest BCUT2D eigenvalue weighted by atomic mass is 10.1. The van der Waals surface area contributed by atoms with Crippen LogP contribution in [-0.4, -0.2) is 89.3 Å². The van der Waals surface area contributed by atoms with E-state index < -0.39 is 11.8 Å². The Morgan fingerprint density at radius 2 is 1.84 bits per heavy atom. The number of benzene rings is 2. The summed E-state index contributed by atoms with van der Waals surface area (Å²) in [6, 6.07) is 12.1. The first-order chi connectivity index (χ1) is 21.8. The molecule has 11 nitrogen and oxygen atoms in total. The Balaban J connectivity index is 1.60. The van der Waals surface area contributed by atoms with Crippen LogP contribution in [0.3, 0.4) is 0 Å². The van der Waals surface area contributed by atoms with E-state index in [0.29, 0.717) is 49.4 Å². The number of hydrogen-bond donors (Lipinski definition) is 1. The molecule has 4 aromatic rings. The lowest BCUT2D eigenvalue weighted by Gasteiger charge is -2.27. The van der Waals surface area contributed by atoms with Gasteiger partial charge in [0.05, 0.1) is 30.8 Å². The second-order valence-electron chi connectivity index (χ2n) is 10.7. The number of para-hydroxylation sites is 1. The van der Waals surface area contributed by atoms with Crippen LogP contribution >= 0.6 is 0 Å². The molecule has 2 heterocycles. The lowest BCUT2D eigenvalue weighted by Crippen LogP contribution is -2.40. The highest BCUT2D eigenvalue weighted by Gasteiger charge is 2.20. The molecule has 0 spiro atoms. The number of halogens is 1. The van der Waals surface area contributed by atoms with Gasteiger partial charge in [0.15, 0.2) is 12.4 Å². The molecule has 242 valence electrons. The highest BCUT2D eigenvalue weighted by Crippen LogP contribution is 2.29. The van der Waals surface area contributed by atoms with Gasteiger partial charge in [0.2, 0.25) is 5.91 Å². The van der Waals surface area contributed by atoms with Crippen LogP contribution in [0, 0.1) is 5.82 Å². The molecular weight excluding hydrogens is 579 g/mol. The molecule has 2 aromatic carbocycles. The molecular formula is C33H43FN6O5. The molecule has 0 aliphatic heterocycles. The van der Waals surface area contributed by atoms with Crippen LogP contribution in [0.1, 0.15) is 38.6 Å². The fourth-order valence-corrected chi connectivity index (χ4v) is 5.34. The van der Waals surface area contributed by atoms with Crippen molar-refractivity contribution < 1.29 is 28.2 Å². The number of aryl methyl sites for hydroxylation is 1. The highest BCUT2D eigenvalue weighted by atomic mass is 19.1. The number of ether oxygens (including phenoxy) is 3. The number of nitrogen functional groups attached to an aromatic ring is 1. The van der Waals surface area contributed by atoms with E-state index in [0.717, 1.165) is 35.3 Å². The van der Waals surface area contributed by atoms with E-state index in [1.807, 2.05) is 43.0 Å². The van der Waals surface area contributed by atoms with E-state index in [4.69, 9.17) is 24.9 Å². The largest absolute Gasteiger partial charge is 0.482 e. The van der Waals surface area contributed by atoms with Gasteiger partial charge >= 0.3 is 5.97 Å². The molecule has 0 atom stereocenters. The third-order valence-corrected chi connectivity index (χ3v) is 7.60. The minimum atomic E-state index is -0.540. The Hall–Kier alpha value is -4.29. The number of anilines is 1. The number of likely N-dealkylation sites (N-methyl/N-ethyl adjacent to an activating group) is 1. The van der Waals surface area contributed by atoms with E-state index in [1.165, 1.54) is 12.1 Å². The SMILES string of the molecule is CCOC(=O)COc1cc(F)cc(CN(CCCn2c(CCOC)nc3c(N)nc4ccccc4c32)C(=O)CN(CC)CC)c1. The molecule has 0 fully saturated rings. The molecule has 0 aliphatic carbocycles. The molecule has 0 bridgehead atoms. The first-order valence-electron chi connectivity index (χ1n) is 15.4. The van der Waals surface area contributed by atoms with Crippen molar-refractivity contribution >= 4 is 39.6 Å². The van der Waals surface area contributed by atoms with Crippen LogP contribution < -0.4 is 10.5 Å². The molecule has 4 rings (SSSR count). The summed E-state index contributed by atoms with van der Waals surface area (Å²) in [5, 5.41) is 0.947. The Morgan fingerprint density at radius 1 is 1.07 bits per heavy atom. The van der Waals surface area contributed by atoms with Crippen LogP contribution in [-0.2, 0) is 38.6 Å². The zero-order chi connectivity index (χ0) is 32.3. The zero-order valence-electron chi connectivity index (χ0n) is 26.6. The molecule has 0 saturated heterocycles. The summed E-state index contributed by atoms with van der Waals surface area (Å²) < 4.78 is 32.5. The normalized spacial score (nSPS) is 11.4. The van der Waals surface area contributed by atoms with E-state index in [-0.39, 0.29) is 38.0 Å². The molecule has 0 radical (unpaired) electrons. The minimum Gasteiger partial charge on any atom is -0.482 e. The van der Waals surface area contributed by atoms with Gasteiger partial charge in [-0.1, -0.05) is 32.0 Å². The summed E-state index contributed by atoms with van der Waals surface area (Å²) in [5.74, 6) is 0.260. The van der Waals surface area contributed by atoms with Gasteiger partial charge < -0.3 is 29.4 Å². The number of imidazole rings is 1. The predicted octanol–water partition coefficient (Wildman–Crippen LogP) is 4.20. The van der Waals surface area contributed by atoms with Crippen molar-refractivity contribution in [3.63, 3.8) is 0 Å². The lowest BCUT2D eigenvalue weighted by molar-refractivity contribution is -0.145. The van der Waals surface area contributed by atoms with Crippen molar-refractivity contribution in [3.8, 4) is 5.75 Å². The molecule has 2 aromatic heterocycles. The monoisotopic (exact) mass is 622 g/mol. The highest BCUT2D eigenvalue weighted by molar-refractivity contribution is 6.06. The third-order valence-electron chi connectivity index (χ3n) is 7.60. The number of carbonyl (C=O) groups is 2. The maximum absolute atomic E-state index is 14.6.